The van der Waals surface area contributed by atoms with Gasteiger partial charge in [0.15, 0.2) is 0 Å². The smallest absolute Gasteiger partial charge is 0.287 e. The van der Waals surface area contributed by atoms with Crippen LogP contribution in [-0.2, 0) is 7.05 Å². The Morgan fingerprint density at radius 2 is 2.08 bits per heavy atom. The topological polar surface area (TPSA) is 58.6 Å². The van der Waals surface area contributed by atoms with Crippen molar-refractivity contribution in [2.45, 2.75) is 6.17 Å². The molecule has 1 aliphatic rings. The van der Waals surface area contributed by atoms with Crippen LogP contribution in [0.3, 0.4) is 0 Å². The van der Waals surface area contributed by atoms with E-state index in [0.29, 0.717) is 17.9 Å². The normalized spacial score (nSPS) is 17.5. The van der Waals surface area contributed by atoms with Crippen LogP contribution in [0.25, 0.3) is 15.6 Å². The standard InChI is InChI=1S/C17H14N6O/c1-18-16-11-22(13-8-20-21(2)10-13)17(24)23(16)15-9-19-7-12-5-3-4-6-14(12)15/h3-10,16H,11H2,2H3/t16-/m1/s1. The highest BCUT2D eigenvalue weighted by Gasteiger charge is 2.44. The van der Waals surface area contributed by atoms with Crippen LogP contribution in [0.4, 0.5) is 16.2 Å². The zero-order chi connectivity index (χ0) is 16.7. The van der Waals surface area contributed by atoms with Crippen LogP contribution in [0.5, 0.6) is 0 Å². The first-order valence-electron chi connectivity index (χ1n) is 7.48. The number of carbonyl (C=O) groups is 1. The summed E-state index contributed by atoms with van der Waals surface area (Å²) < 4.78 is 1.64. The molecule has 0 N–H and O–H groups in total. The molecule has 0 bridgehead atoms. The number of anilines is 2. The van der Waals surface area contributed by atoms with Crippen molar-refractivity contribution >= 4 is 28.2 Å². The zero-order valence-electron chi connectivity index (χ0n) is 13.0. The highest BCUT2D eigenvalue weighted by atomic mass is 16.2. The van der Waals surface area contributed by atoms with Crippen LogP contribution in [0.15, 0.2) is 49.1 Å². The number of amides is 2. The van der Waals surface area contributed by atoms with Gasteiger partial charge in [-0.3, -0.25) is 19.4 Å². The average Bonchev–Trinajstić information content (AvgIpc) is 3.17. The van der Waals surface area contributed by atoms with Crippen molar-refractivity contribution in [2.75, 3.05) is 16.3 Å². The van der Waals surface area contributed by atoms with Gasteiger partial charge in [0.1, 0.15) is 6.54 Å². The maximum absolute atomic E-state index is 13.0. The Bertz CT molecular complexity index is 967. The molecule has 1 aliphatic heterocycles. The van der Waals surface area contributed by atoms with Crippen molar-refractivity contribution in [3.8, 4) is 0 Å². The fraction of sp³-hybridized carbons (Fsp3) is 0.176. The first kappa shape index (κ1) is 14.2. The van der Waals surface area contributed by atoms with Crippen LogP contribution in [-0.4, -0.2) is 33.5 Å². The van der Waals surface area contributed by atoms with Crippen LogP contribution >= 0.6 is 0 Å². The van der Waals surface area contributed by atoms with Gasteiger partial charge in [-0.05, 0) is 0 Å². The minimum absolute atomic E-state index is 0.234. The van der Waals surface area contributed by atoms with E-state index in [9.17, 15) is 4.79 Å². The summed E-state index contributed by atoms with van der Waals surface area (Å²) in [5, 5.41) is 5.95. The van der Waals surface area contributed by atoms with Crippen LogP contribution in [0.1, 0.15) is 0 Å². The highest BCUT2D eigenvalue weighted by Crippen LogP contribution is 2.33. The number of pyridine rings is 1. The molecule has 7 heteroatoms. The van der Waals surface area contributed by atoms with Gasteiger partial charge in [-0.25, -0.2) is 16.3 Å². The first-order valence-corrected chi connectivity index (χ1v) is 7.48. The number of aryl methyl sites for hydroxylation is 1. The second-order valence-electron chi connectivity index (χ2n) is 5.62. The number of carbonyl (C=O) groups excluding carboxylic acids is 1. The molecule has 4 rings (SSSR count). The molecule has 1 fully saturated rings. The van der Waals surface area contributed by atoms with E-state index in [4.69, 9.17) is 6.57 Å². The van der Waals surface area contributed by atoms with Gasteiger partial charge in [0.05, 0.1) is 23.8 Å². The third-order valence-electron chi connectivity index (χ3n) is 4.14. The molecule has 118 valence electrons. The lowest BCUT2D eigenvalue weighted by molar-refractivity contribution is 0.255. The number of benzene rings is 1. The summed E-state index contributed by atoms with van der Waals surface area (Å²) in [7, 11) is 1.79. The van der Waals surface area contributed by atoms with Crippen molar-refractivity contribution in [3.05, 3.63) is 60.5 Å². The summed E-state index contributed by atoms with van der Waals surface area (Å²) in [6.07, 6.45) is 6.20. The first-order chi connectivity index (χ1) is 11.7. The van der Waals surface area contributed by atoms with Gasteiger partial charge >= 0.3 is 12.2 Å². The molecule has 0 unspecified atom stereocenters. The molecule has 2 aromatic heterocycles. The minimum Gasteiger partial charge on any atom is -0.287 e. The predicted molar refractivity (Wildman–Crippen MR) is 90.6 cm³/mol. The molecule has 0 aliphatic carbocycles. The molecule has 1 atom stereocenters. The van der Waals surface area contributed by atoms with Crippen LogP contribution in [0, 0.1) is 6.57 Å². The second-order valence-corrected chi connectivity index (χ2v) is 5.62. The van der Waals surface area contributed by atoms with E-state index in [1.54, 1.807) is 41.4 Å². The average molecular weight is 318 g/mol. The fourth-order valence-electron chi connectivity index (χ4n) is 3.00. The fourth-order valence-corrected chi connectivity index (χ4v) is 3.00. The highest BCUT2D eigenvalue weighted by molar-refractivity contribution is 6.11. The lowest BCUT2D eigenvalue weighted by Crippen LogP contribution is -2.34. The summed E-state index contributed by atoms with van der Waals surface area (Å²) in [5.74, 6) is 0. The number of hydrogen-bond acceptors (Lipinski definition) is 3. The Morgan fingerprint density at radius 1 is 1.25 bits per heavy atom. The molecule has 0 radical (unpaired) electrons. The third-order valence-corrected chi connectivity index (χ3v) is 4.14. The predicted octanol–water partition coefficient (Wildman–Crippen LogP) is 2.66. The second kappa shape index (κ2) is 5.35. The molecular weight excluding hydrogens is 304 g/mol. The largest absolute Gasteiger partial charge is 0.335 e. The molecule has 0 saturated carbocycles. The van der Waals surface area contributed by atoms with E-state index in [2.05, 4.69) is 14.9 Å². The lowest BCUT2D eigenvalue weighted by Gasteiger charge is -2.18. The molecule has 1 aromatic carbocycles. The molecule has 0 spiro atoms. The number of nitrogens with zero attached hydrogens (tertiary/aromatic N) is 6. The van der Waals surface area contributed by atoms with Gasteiger partial charge < -0.3 is 0 Å². The molecule has 2 amide bonds. The van der Waals surface area contributed by atoms with Crippen molar-refractivity contribution in [2.24, 2.45) is 7.05 Å². The maximum atomic E-state index is 13.0. The van der Waals surface area contributed by atoms with E-state index in [1.165, 1.54) is 4.90 Å². The molecule has 7 nitrogen and oxygen atoms in total. The maximum Gasteiger partial charge on any atom is 0.335 e. The SMILES string of the molecule is [C-]#[N+][C@H]1CN(c2cnn(C)c2)C(=O)N1c1cncc2ccccc12. The molecule has 3 aromatic rings. The Kier molecular flexibility index (Phi) is 3.17. The summed E-state index contributed by atoms with van der Waals surface area (Å²) >= 11 is 0. The van der Waals surface area contributed by atoms with Crippen molar-refractivity contribution in [1.82, 2.24) is 14.8 Å². The van der Waals surface area contributed by atoms with Gasteiger partial charge in [-0.15, -0.1) is 0 Å². The Morgan fingerprint density at radius 3 is 2.83 bits per heavy atom. The van der Waals surface area contributed by atoms with Gasteiger partial charge in [-0.1, -0.05) is 24.3 Å². The number of urea groups is 1. The van der Waals surface area contributed by atoms with Crippen LogP contribution < -0.4 is 9.80 Å². The van der Waals surface area contributed by atoms with E-state index in [-0.39, 0.29) is 6.03 Å². The van der Waals surface area contributed by atoms with E-state index < -0.39 is 6.17 Å². The van der Waals surface area contributed by atoms with Crippen molar-refractivity contribution in [1.29, 1.82) is 0 Å². The Balaban J connectivity index is 1.81. The number of fused-ring (bicyclic) bond motifs is 1. The Labute approximate surface area is 138 Å². The summed E-state index contributed by atoms with van der Waals surface area (Å²) in [5.41, 5.74) is 1.34. The van der Waals surface area contributed by atoms with E-state index >= 15 is 0 Å². The van der Waals surface area contributed by atoms with Gasteiger partial charge in [-0.2, -0.15) is 5.10 Å². The van der Waals surface area contributed by atoms with Gasteiger partial charge in [0.25, 0.3) is 0 Å². The van der Waals surface area contributed by atoms with Crippen LogP contribution in [0.2, 0.25) is 0 Å². The van der Waals surface area contributed by atoms with E-state index in [0.717, 1.165) is 10.8 Å². The van der Waals surface area contributed by atoms with Gasteiger partial charge in [0.2, 0.25) is 0 Å². The molecule has 1 saturated heterocycles. The molecule has 24 heavy (non-hydrogen) atoms. The van der Waals surface area contributed by atoms with Crippen molar-refractivity contribution < 1.29 is 4.79 Å². The number of hydrogen-bond donors (Lipinski definition) is 0. The number of rotatable bonds is 2. The zero-order valence-corrected chi connectivity index (χ0v) is 13.0. The Hall–Kier alpha value is -3.40. The summed E-state index contributed by atoms with van der Waals surface area (Å²) in [6.45, 7) is 7.80. The lowest BCUT2D eigenvalue weighted by atomic mass is 10.1. The quantitative estimate of drug-likeness (QED) is 0.683. The monoisotopic (exact) mass is 318 g/mol. The molecule has 3 heterocycles. The van der Waals surface area contributed by atoms with Gasteiger partial charge in [0, 0.05) is 30.2 Å². The minimum atomic E-state index is -0.592. The summed E-state index contributed by atoms with van der Waals surface area (Å²) in [4.78, 5) is 24.0. The van der Waals surface area contributed by atoms with Crippen molar-refractivity contribution in [3.63, 3.8) is 0 Å². The third kappa shape index (κ3) is 2.08. The molecular formula is C17H14N6O. The van der Waals surface area contributed by atoms with E-state index in [1.807, 2.05) is 24.3 Å². The number of aromatic nitrogens is 3. The summed E-state index contributed by atoms with van der Waals surface area (Å²) in [6, 6.07) is 7.49.